The molecule has 23 heavy (non-hydrogen) atoms. The monoisotopic (exact) mass is 362 g/mol. The van der Waals surface area contributed by atoms with Crippen molar-refractivity contribution in [2.24, 2.45) is 0 Å². The Bertz CT molecular complexity index is 963. The largest absolute Gasteiger partial charge is 0.586 e. The van der Waals surface area contributed by atoms with Crippen LogP contribution >= 0.6 is 23.2 Å². The number of fused-ring (bicyclic) bond motifs is 2. The zero-order valence-corrected chi connectivity index (χ0v) is 12.2. The van der Waals surface area contributed by atoms with Crippen LogP contribution in [0.3, 0.4) is 0 Å². The molecule has 0 saturated carbocycles. The minimum absolute atomic E-state index is 0.0687. The fourth-order valence-electron chi connectivity index (χ4n) is 2.21. The zero-order valence-electron chi connectivity index (χ0n) is 10.7. The molecule has 3 heterocycles. The molecule has 1 aliphatic rings. The maximum atomic E-state index is 14.3. The fraction of sp³-hybridized carbons (Fsp3) is 0.0833. The summed E-state index contributed by atoms with van der Waals surface area (Å²) in [7, 11) is 0. The zero-order chi connectivity index (χ0) is 16.4. The minimum atomic E-state index is -3.92. The van der Waals surface area contributed by atoms with Crippen LogP contribution in [0.4, 0.5) is 13.2 Å². The van der Waals surface area contributed by atoms with E-state index in [2.05, 4.69) is 24.5 Å². The standard InChI is InChI=1S/C12H3Cl2F3N4O2/c13-9-7(10(14)21-11(20-9)18-3-19-21)6-4(15)1-2-5-8(6)23-12(16,17)22-5/h1-3H. The molecule has 0 aliphatic carbocycles. The molecule has 0 saturated heterocycles. The highest BCUT2D eigenvalue weighted by atomic mass is 35.5. The van der Waals surface area contributed by atoms with Crippen molar-refractivity contribution in [3.8, 4) is 22.6 Å². The Morgan fingerprint density at radius 2 is 1.91 bits per heavy atom. The second-order valence-corrected chi connectivity index (χ2v) is 5.17. The lowest BCUT2D eigenvalue weighted by atomic mass is 10.1. The van der Waals surface area contributed by atoms with Gasteiger partial charge in [-0.2, -0.15) is 19.6 Å². The van der Waals surface area contributed by atoms with Gasteiger partial charge in [-0.05, 0) is 12.1 Å². The van der Waals surface area contributed by atoms with Crippen LogP contribution in [-0.2, 0) is 0 Å². The van der Waals surface area contributed by atoms with Gasteiger partial charge in [0.1, 0.15) is 22.5 Å². The first kappa shape index (κ1) is 14.3. The maximum absolute atomic E-state index is 14.3. The number of ether oxygens (including phenoxy) is 2. The number of hydrogen-bond donors (Lipinski definition) is 0. The van der Waals surface area contributed by atoms with Crippen LogP contribution in [0.15, 0.2) is 18.5 Å². The Balaban J connectivity index is 2.05. The van der Waals surface area contributed by atoms with Crippen LogP contribution in [0.5, 0.6) is 11.5 Å². The normalized spacial score (nSPS) is 15.3. The van der Waals surface area contributed by atoms with Crippen LogP contribution in [0.25, 0.3) is 16.9 Å². The third-order valence-corrected chi connectivity index (χ3v) is 3.72. The van der Waals surface area contributed by atoms with Crippen molar-refractivity contribution in [1.82, 2.24) is 19.6 Å². The van der Waals surface area contributed by atoms with Gasteiger partial charge in [0.25, 0.3) is 5.78 Å². The Kier molecular flexibility index (Phi) is 2.88. The number of aromatic nitrogens is 4. The molecule has 11 heteroatoms. The summed E-state index contributed by atoms with van der Waals surface area (Å²) in [6.07, 6.45) is -2.76. The second-order valence-electron chi connectivity index (χ2n) is 4.46. The van der Waals surface area contributed by atoms with Crippen molar-refractivity contribution in [2.45, 2.75) is 6.29 Å². The van der Waals surface area contributed by atoms with Crippen LogP contribution in [0, 0.1) is 5.82 Å². The van der Waals surface area contributed by atoms with E-state index in [4.69, 9.17) is 23.2 Å². The predicted octanol–water partition coefficient (Wildman–Crippen LogP) is 3.56. The molecule has 2 aromatic heterocycles. The second kappa shape index (κ2) is 4.62. The molecule has 0 radical (unpaired) electrons. The highest BCUT2D eigenvalue weighted by molar-refractivity contribution is 6.38. The molecule has 1 aliphatic heterocycles. The number of nitrogens with zero attached hydrogens (tertiary/aromatic N) is 4. The quantitative estimate of drug-likeness (QED) is 0.619. The SMILES string of the molecule is Fc1ccc2c(c1-c1c(Cl)nc3ncnn3c1Cl)OC(F)(F)O2. The lowest BCUT2D eigenvalue weighted by molar-refractivity contribution is -0.286. The molecule has 1 aromatic carbocycles. The highest BCUT2D eigenvalue weighted by Gasteiger charge is 2.46. The molecular weight excluding hydrogens is 360 g/mol. The Morgan fingerprint density at radius 3 is 2.70 bits per heavy atom. The molecule has 0 fully saturated rings. The Morgan fingerprint density at radius 1 is 1.13 bits per heavy atom. The average molecular weight is 363 g/mol. The van der Waals surface area contributed by atoms with Crippen molar-refractivity contribution in [3.63, 3.8) is 0 Å². The topological polar surface area (TPSA) is 61.5 Å². The molecule has 118 valence electrons. The average Bonchev–Trinajstić information content (AvgIpc) is 3.04. The summed E-state index contributed by atoms with van der Waals surface area (Å²) in [4.78, 5) is 7.69. The summed E-state index contributed by atoms with van der Waals surface area (Å²) < 4.78 is 50.6. The van der Waals surface area contributed by atoms with Crippen molar-refractivity contribution in [2.75, 3.05) is 0 Å². The van der Waals surface area contributed by atoms with Crippen LogP contribution in [0.2, 0.25) is 10.3 Å². The lowest BCUT2D eigenvalue weighted by Gasteiger charge is -2.11. The molecule has 4 rings (SSSR count). The molecule has 0 unspecified atom stereocenters. The molecule has 0 bridgehead atoms. The number of benzene rings is 1. The van der Waals surface area contributed by atoms with Gasteiger partial charge in [-0.1, -0.05) is 23.2 Å². The fourth-order valence-corrected chi connectivity index (χ4v) is 2.82. The third-order valence-electron chi connectivity index (χ3n) is 3.10. The summed E-state index contributed by atoms with van der Waals surface area (Å²) in [5.41, 5.74) is -0.568. The van der Waals surface area contributed by atoms with E-state index in [1.54, 1.807) is 0 Å². The Labute approximate surface area is 135 Å². The van der Waals surface area contributed by atoms with Crippen molar-refractivity contribution < 1.29 is 22.6 Å². The van der Waals surface area contributed by atoms with E-state index in [0.29, 0.717) is 0 Å². The Hall–Kier alpha value is -2.26. The van der Waals surface area contributed by atoms with E-state index >= 15 is 0 Å². The van der Waals surface area contributed by atoms with Crippen LogP contribution in [0.1, 0.15) is 0 Å². The van der Waals surface area contributed by atoms with Crippen LogP contribution < -0.4 is 9.47 Å². The molecule has 0 atom stereocenters. The number of hydrogen-bond acceptors (Lipinski definition) is 5. The van der Waals surface area contributed by atoms with Gasteiger partial charge in [-0.15, -0.1) is 8.78 Å². The summed E-state index contributed by atoms with van der Waals surface area (Å²) in [5, 5.41) is 3.40. The van der Waals surface area contributed by atoms with Gasteiger partial charge in [0.05, 0.1) is 11.1 Å². The van der Waals surface area contributed by atoms with Gasteiger partial charge in [0, 0.05) is 0 Å². The van der Waals surface area contributed by atoms with E-state index in [-0.39, 0.29) is 27.4 Å². The van der Waals surface area contributed by atoms with E-state index in [1.165, 1.54) is 0 Å². The van der Waals surface area contributed by atoms with Gasteiger partial charge >= 0.3 is 6.29 Å². The summed E-state index contributed by atoms with van der Waals surface area (Å²) in [6, 6.07) is 1.94. The molecule has 0 amide bonds. The van der Waals surface area contributed by atoms with Gasteiger partial charge in [0.15, 0.2) is 11.5 Å². The van der Waals surface area contributed by atoms with Crippen molar-refractivity contribution >= 4 is 29.0 Å². The van der Waals surface area contributed by atoms with E-state index in [1.807, 2.05) is 0 Å². The van der Waals surface area contributed by atoms with Crippen LogP contribution in [-0.4, -0.2) is 25.9 Å². The van der Waals surface area contributed by atoms with Gasteiger partial charge in [-0.3, -0.25) is 0 Å². The smallest absolute Gasteiger partial charge is 0.395 e. The first-order valence-electron chi connectivity index (χ1n) is 6.01. The van der Waals surface area contributed by atoms with E-state index in [9.17, 15) is 13.2 Å². The predicted molar refractivity (Wildman–Crippen MR) is 72.4 cm³/mol. The minimum Gasteiger partial charge on any atom is -0.395 e. The van der Waals surface area contributed by atoms with Gasteiger partial charge < -0.3 is 9.47 Å². The van der Waals surface area contributed by atoms with Gasteiger partial charge in [0.2, 0.25) is 0 Å². The summed E-state index contributed by atoms with van der Waals surface area (Å²) in [6.45, 7) is 0. The number of rotatable bonds is 1. The van der Waals surface area contributed by atoms with E-state index in [0.717, 1.165) is 23.0 Å². The van der Waals surface area contributed by atoms with Crippen molar-refractivity contribution in [3.05, 3.63) is 34.6 Å². The maximum Gasteiger partial charge on any atom is 0.586 e. The number of alkyl halides is 2. The van der Waals surface area contributed by atoms with E-state index < -0.39 is 23.4 Å². The lowest BCUT2D eigenvalue weighted by Crippen LogP contribution is -2.26. The molecule has 0 spiro atoms. The summed E-state index contributed by atoms with van der Waals surface area (Å²) >= 11 is 12.2. The van der Waals surface area contributed by atoms with Crippen molar-refractivity contribution in [1.29, 1.82) is 0 Å². The molecule has 0 N–H and O–H groups in total. The number of halogens is 5. The first-order chi connectivity index (χ1) is 10.9. The molecule has 6 nitrogen and oxygen atoms in total. The third kappa shape index (κ3) is 2.07. The molecular formula is C12H3Cl2F3N4O2. The summed E-state index contributed by atoms with van der Waals surface area (Å²) in [5.74, 6) is -1.70. The first-order valence-corrected chi connectivity index (χ1v) is 6.76. The van der Waals surface area contributed by atoms with Gasteiger partial charge in [-0.25, -0.2) is 4.39 Å². The highest BCUT2D eigenvalue weighted by Crippen LogP contribution is 2.50. The molecule has 3 aromatic rings.